The lowest BCUT2D eigenvalue weighted by Crippen LogP contribution is -2.19. The van der Waals surface area contributed by atoms with Gasteiger partial charge in [-0.15, -0.1) is 0 Å². The van der Waals surface area contributed by atoms with Crippen LogP contribution in [0.5, 0.6) is 17.2 Å². The number of halogens is 2. The Bertz CT molecular complexity index is 890. The number of rotatable bonds is 4. The van der Waals surface area contributed by atoms with E-state index in [1.165, 1.54) is 0 Å². The Morgan fingerprint density at radius 2 is 2.04 bits per heavy atom. The number of ether oxygens (including phenoxy) is 3. The SMILES string of the molecule is COc1cc(/C=C2\COc3ccc(Br)cc3C2=O)cc(Cl)c1OC(C)C. The Balaban J connectivity index is 1.98. The average Bonchev–Trinajstić information content (AvgIpc) is 2.59. The van der Waals surface area contributed by atoms with Gasteiger partial charge in [0.2, 0.25) is 0 Å². The minimum Gasteiger partial charge on any atom is -0.493 e. The Kier molecular flexibility index (Phi) is 5.58. The van der Waals surface area contributed by atoms with Crippen molar-refractivity contribution >= 4 is 39.4 Å². The lowest BCUT2D eigenvalue weighted by molar-refractivity contribution is 0.100. The van der Waals surface area contributed by atoms with Crippen LogP contribution in [0.15, 0.2) is 40.4 Å². The van der Waals surface area contributed by atoms with E-state index in [1.54, 1.807) is 37.5 Å². The molecule has 2 aromatic rings. The van der Waals surface area contributed by atoms with E-state index in [-0.39, 0.29) is 18.5 Å². The van der Waals surface area contributed by atoms with Crippen LogP contribution in [0.4, 0.5) is 0 Å². The van der Waals surface area contributed by atoms with Gasteiger partial charge in [-0.2, -0.15) is 0 Å². The summed E-state index contributed by atoms with van der Waals surface area (Å²) >= 11 is 9.74. The average molecular weight is 438 g/mol. The summed E-state index contributed by atoms with van der Waals surface area (Å²) < 4.78 is 17.6. The molecule has 0 radical (unpaired) electrons. The van der Waals surface area contributed by atoms with Crippen molar-refractivity contribution in [2.24, 2.45) is 0 Å². The van der Waals surface area contributed by atoms with Crippen molar-refractivity contribution in [2.75, 3.05) is 13.7 Å². The lowest BCUT2D eigenvalue weighted by atomic mass is 9.98. The fourth-order valence-electron chi connectivity index (χ4n) is 2.68. The summed E-state index contributed by atoms with van der Waals surface area (Å²) in [6.45, 7) is 4.04. The minimum absolute atomic E-state index is 0.0334. The fourth-order valence-corrected chi connectivity index (χ4v) is 3.31. The summed E-state index contributed by atoms with van der Waals surface area (Å²) in [6, 6.07) is 8.93. The third-order valence-electron chi connectivity index (χ3n) is 3.81. The Labute approximate surface area is 165 Å². The second-order valence-corrected chi connectivity index (χ2v) is 7.45. The molecular formula is C20H18BrClO4. The van der Waals surface area contributed by atoms with E-state index in [9.17, 15) is 4.79 Å². The molecule has 0 saturated heterocycles. The highest BCUT2D eigenvalue weighted by Crippen LogP contribution is 2.38. The van der Waals surface area contributed by atoms with Crippen molar-refractivity contribution < 1.29 is 19.0 Å². The molecule has 136 valence electrons. The van der Waals surface area contributed by atoms with Gasteiger partial charge in [0.05, 0.1) is 23.8 Å². The first-order valence-corrected chi connectivity index (χ1v) is 9.28. The minimum atomic E-state index is -0.0647. The summed E-state index contributed by atoms with van der Waals surface area (Å²) in [5, 5.41) is 0.428. The molecule has 3 rings (SSSR count). The number of hydrogen-bond donors (Lipinski definition) is 0. The quantitative estimate of drug-likeness (QED) is 0.588. The van der Waals surface area contributed by atoms with Crippen LogP contribution < -0.4 is 14.2 Å². The van der Waals surface area contributed by atoms with Crippen molar-refractivity contribution in [3.8, 4) is 17.2 Å². The Hall–Kier alpha value is -1.98. The molecule has 0 spiro atoms. The zero-order valence-electron chi connectivity index (χ0n) is 14.6. The second kappa shape index (κ2) is 7.72. The number of benzene rings is 2. The predicted molar refractivity (Wildman–Crippen MR) is 106 cm³/mol. The highest BCUT2D eigenvalue weighted by Gasteiger charge is 2.24. The molecule has 0 aromatic heterocycles. The van der Waals surface area contributed by atoms with Crippen molar-refractivity contribution in [3.05, 3.63) is 56.5 Å². The number of Topliss-reactive ketones (excluding diaryl/α,β-unsaturated/α-hetero) is 1. The van der Waals surface area contributed by atoms with Crippen LogP contribution in [0.25, 0.3) is 6.08 Å². The van der Waals surface area contributed by atoms with E-state index in [2.05, 4.69) is 15.9 Å². The van der Waals surface area contributed by atoms with E-state index >= 15 is 0 Å². The summed E-state index contributed by atoms with van der Waals surface area (Å²) in [6.07, 6.45) is 1.73. The molecule has 26 heavy (non-hydrogen) atoms. The summed E-state index contributed by atoms with van der Waals surface area (Å²) in [5.41, 5.74) is 1.83. The van der Waals surface area contributed by atoms with Gasteiger partial charge in [0.1, 0.15) is 12.4 Å². The molecular weight excluding hydrogens is 420 g/mol. The lowest BCUT2D eigenvalue weighted by Gasteiger charge is -2.19. The molecule has 0 unspecified atom stereocenters. The van der Waals surface area contributed by atoms with Crippen LogP contribution in [0.1, 0.15) is 29.8 Å². The Morgan fingerprint density at radius 3 is 2.73 bits per heavy atom. The molecule has 0 bridgehead atoms. The van der Waals surface area contributed by atoms with E-state index < -0.39 is 0 Å². The third-order valence-corrected chi connectivity index (χ3v) is 4.58. The van der Waals surface area contributed by atoms with Crippen LogP contribution in [0.3, 0.4) is 0 Å². The predicted octanol–water partition coefficient (Wildman–Crippen LogP) is 5.56. The van der Waals surface area contributed by atoms with Gasteiger partial charge in [0, 0.05) is 10.0 Å². The number of carbonyl (C=O) groups is 1. The first-order valence-electron chi connectivity index (χ1n) is 8.11. The molecule has 0 amide bonds. The largest absolute Gasteiger partial charge is 0.493 e. The van der Waals surface area contributed by atoms with E-state index in [1.807, 2.05) is 19.9 Å². The molecule has 0 N–H and O–H groups in total. The summed E-state index contributed by atoms with van der Waals surface area (Å²) in [4.78, 5) is 12.8. The van der Waals surface area contributed by atoms with Crippen LogP contribution in [-0.2, 0) is 0 Å². The molecule has 0 fully saturated rings. The highest BCUT2D eigenvalue weighted by atomic mass is 79.9. The molecule has 1 aliphatic heterocycles. The molecule has 0 atom stereocenters. The molecule has 1 heterocycles. The van der Waals surface area contributed by atoms with Crippen molar-refractivity contribution in [2.45, 2.75) is 20.0 Å². The van der Waals surface area contributed by atoms with Crippen molar-refractivity contribution in [3.63, 3.8) is 0 Å². The van der Waals surface area contributed by atoms with Gasteiger partial charge in [0.15, 0.2) is 17.3 Å². The van der Waals surface area contributed by atoms with Gasteiger partial charge in [-0.25, -0.2) is 0 Å². The molecule has 6 heteroatoms. The van der Waals surface area contributed by atoms with Gasteiger partial charge in [-0.1, -0.05) is 27.5 Å². The van der Waals surface area contributed by atoms with Crippen LogP contribution in [0.2, 0.25) is 5.02 Å². The van der Waals surface area contributed by atoms with Crippen LogP contribution in [-0.4, -0.2) is 25.6 Å². The fraction of sp³-hybridized carbons (Fsp3) is 0.250. The van der Waals surface area contributed by atoms with Gasteiger partial charge < -0.3 is 14.2 Å². The van der Waals surface area contributed by atoms with Crippen molar-refractivity contribution in [1.29, 1.82) is 0 Å². The summed E-state index contributed by atoms with van der Waals surface area (Å²) in [7, 11) is 1.55. The monoisotopic (exact) mass is 436 g/mol. The van der Waals surface area contributed by atoms with Crippen LogP contribution >= 0.6 is 27.5 Å². The number of hydrogen-bond acceptors (Lipinski definition) is 4. The molecule has 0 saturated carbocycles. The first kappa shape index (κ1) is 18.8. The maximum Gasteiger partial charge on any atom is 0.196 e. The maximum atomic E-state index is 12.8. The Morgan fingerprint density at radius 1 is 1.27 bits per heavy atom. The number of ketones is 1. The van der Waals surface area contributed by atoms with Gasteiger partial charge in [-0.3, -0.25) is 4.79 Å². The van der Waals surface area contributed by atoms with Gasteiger partial charge >= 0.3 is 0 Å². The van der Waals surface area contributed by atoms with Gasteiger partial charge in [0.25, 0.3) is 0 Å². The van der Waals surface area contributed by atoms with E-state index in [0.29, 0.717) is 33.4 Å². The van der Waals surface area contributed by atoms with E-state index in [4.69, 9.17) is 25.8 Å². The third kappa shape index (κ3) is 3.89. The molecule has 0 aliphatic carbocycles. The van der Waals surface area contributed by atoms with E-state index in [0.717, 1.165) is 10.0 Å². The number of carbonyl (C=O) groups excluding carboxylic acids is 1. The zero-order valence-corrected chi connectivity index (χ0v) is 17.0. The molecule has 1 aliphatic rings. The topological polar surface area (TPSA) is 44.8 Å². The normalized spacial score (nSPS) is 15.0. The standard InChI is InChI=1S/C20H18BrClO4/c1-11(2)26-20-16(22)7-12(8-18(20)24-3)6-13-10-25-17-5-4-14(21)9-15(17)19(13)23/h4-9,11H,10H2,1-3H3/b13-6+. The van der Waals surface area contributed by atoms with Crippen molar-refractivity contribution in [1.82, 2.24) is 0 Å². The first-order chi connectivity index (χ1) is 12.4. The molecule has 4 nitrogen and oxygen atoms in total. The second-order valence-electron chi connectivity index (χ2n) is 6.13. The number of methoxy groups -OCH3 is 1. The van der Waals surface area contributed by atoms with Gasteiger partial charge in [-0.05, 0) is 55.8 Å². The smallest absolute Gasteiger partial charge is 0.196 e. The van der Waals surface area contributed by atoms with Crippen LogP contribution in [0, 0.1) is 0 Å². The molecule has 2 aromatic carbocycles. The summed E-state index contributed by atoms with van der Waals surface area (Å²) in [5.74, 6) is 1.54. The maximum absolute atomic E-state index is 12.8. The number of fused-ring (bicyclic) bond motifs is 1. The highest BCUT2D eigenvalue weighted by molar-refractivity contribution is 9.10. The zero-order chi connectivity index (χ0) is 18.8.